The van der Waals surface area contributed by atoms with Crippen molar-refractivity contribution < 1.29 is 17.9 Å². The highest BCUT2D eigenvalue weighted by Crippen LogP contribution is 2.25. The second-order valence-electron chi connectivity index (χ2n) is 4.98. The van der Waals surface area contributed by atoms with Crippen LogP contribution in [0.2, 0.25) is 0 Å². The van der Waals surface area contributed by atoms with Crippen molar-refractivity contribution >= 4 is 10.0 Å². The van der Waals surface area contributed by atoms with Crippen molar-refractivity contribution in [2.24, 2.45) is 5.92 Å². The molecule has 1 aliphatic rings. The summed E-state index contributed by atoms with van der Waals surface area (Å²) in [6.45, 7) is 1.80. The van der Waals surface area contributed by atoms with Crippen molar-refractivity contribution in [3.8, 4) is 5.75 Å². The second-order valence-corrected chi connectivity index (χ2v) is 6.92. The van der Waals surface area contributed by atoms with E-state index in [4.69, 9.17) is 9.47 Å². The summed E-state index contributed by atoms with van der Waals surface area (Å²) in [5.41, 5.74) is 0. The zero-order valence-corrected chi connectivity index (χ0v) is 12.7. The van der Waals surface area contributed by atoms with Gasteiger partial charge in [-0.05, 0) is 30.9 Å². The molecule has 5 nitrogen and oxygen atoms in total. The number of nitrogens with zero attached hydrogens (tertiary/aromatic N) is 1. The molecular weight excluding hydrogens is 278 g/mol. The zero-order chi connectivity index (χ0) is 14.6. The smallest absolute Gasteiger partial charge is 0.243 e. The topological polar surface area (TPSA) is 55.8 Å². The fraction of sp³-hybridized carbons (Fsp3) is 0.571. The lowest BCUT2D eigenvalue weighted by Crippen LogP contribution is -2.39. The third-order valence-corrected chi connectivity index (χ3v) is 5.55. The van der Waals surface area contributed by atoms with Gasteiger partial charge >= 0.3 is 0 Å². The van der Waals surface area contributed by atoms with E-state index in [1.54, 1.807) is 35.7 Å². The van der Waals surface area contributed by atoms with Crippen LogP contribution in [0.5, 0.6) is 5.75 Å². The lowest BCUT2D eigenvalue weighted by atomic mass is 9.99. The highest BCUT2D eigenvalue weighted by atomic mass is 32.2. The molecule has 0 saturated carbocycles. The first kappa shape index (κ1) is 15.3. The Hall–Kier alpha value is -1.11. The van der Waals surface area contributed by atoms with Gasteiger partial charge in [0.15, 0.2) is 0 Å². The van der Waals surface area contributed by atoms with Gasteiger partial charge in [0.1, 0.15) is 5.75 Å². The molecule has 20 heavy (non-hydrogen) atoms. The molecule has 112 valence electrons. The maximum Gasteiger partial charge on any atom is 0.243 e. The third-order valence-electron chi connectivity index (χ3n) is 3.65. The van der Waals surface area contributed by atoms with E-state index in [9.17, 15) is 8.42 Å². The van der Waals surface area contributed by atoms with Gasteiger partial charge in [-0.2, -0.15) is 4.31 Å². The van der Waals surface area contributed by atoms with Crippen LogP contribution in [0.15, 0.2) is 29.2 Å². The van der Waals surface area contributed by atoms with Crippen molar-refractivity contribution in [3.63, 3.8) is 0 Å². The van der Waals surface area contributed by atoms with E-state index < -0.39 is 10.0 Å². The first-order valence-corrected chi connectivity index (χ1v) is 8.15. The fourth-order valence-electron chi connectivity index (χ4n) is 2.46. The zero-order valence-electron chi connectivity index (χ0n) is 11.9. The Kier molecular flexibility index (Phi) is 5.01. The lowest BCUT2D eigenvalue weighted by Gasteiger charge is -2.30. The average Bonchev–Trinajstić information content (AvgIpc) is 2.48. The third kappa shape index (κ3) is 3.31. The van der Waals surface area contributed by atoms with Crippen LogP contribution in [0, 0.1) is 5.92 Å². The minimum atomic E-state index is -3.42. The van der Waals surface area contributed by atoms with Gasteiger partial charge in [0.05, 0.1) is 12.0 Å². The van der Waals surface area contributed by atoms with Crippen LogP contribution in [0.1, 0.15) is 12.8 Å². The minimum Gasteiger partial charge on any atom is -0.497 e. The van der Waals surface area contributed by atoms with Crippen molar-refractivity contribution in [1.29, 1.82) is 0 Å². The Balaban J connectivity index is 2.11. The molecule has 2 rings (SSSR count). The number of ether oxygens (including phenoxy) is 2. The SMILES string of the molecule is COCC1CCN(S(=O)(=O)c2cccc(OC)c2)CC1. The summed E-state index contributed by atoms with van der Waals surface area (Å²) < 4.78 is 36.9. The average molecular weight is 299 g/mol. The molecule has 0 unspecified atom stereocenters. The van der Waals surface area contributed by atoms with Crippen LogP contribution in [0.25, 0.3) is 0 Å². The predicted molar refractivity (Wildman–Crippen MR) is 76.4 cm³/mol. The summed E-state index contributed by atoms with van der Waals surface area (Å²) in [4.78, 5) is 0.294. The molecule has 0 N–H and O–H groups in total. The van der Waals surface area contributed by atoms with Crippen molar-refractivity contribution in [3.05, 3.63) is 24.3 Å². The monoisotopic (exact) mass is 299 g/mol. The van der Waals surface area contributed by atoms with Gasteiger partial charge in [-0.25, -0.2) is 8.42 Å². The standard InChI is InChI=1S/C14H21NO4S/c1-18-11-12-6-8-15(9-7-12)20(16,17)14-5-3-4-13(10-14)19-2/h3-5,10,12H,6-9,11H2,1-2H3. The van der Waals surface area contributed by atoms with Crippen molar-refractivity contribution in [2.75, 3.05) is 33.9 Å². The molecule has 0 spiro atoms. The first-order chi connectivity index (χ1) is 9.57. The van der Waals surface area contributed by atoms with Crippen LogP contribution in [0.4, 0.5) is 0 Å². The van der Waals surface area contributed by atoms with E-state index in [0.29, 0.717) is 36.3 Å². The molecule has 1 aliphatic heterocycles. The molecule has 1 aromatic carbocycles. The Morgan fingerprint density at radius 3 is 2.55 bits per heavy atom. The summed E-state index contributed by atoms with van der Waals surface area (Å²) >= 11 is 0. The maximum absolute atomic E-state index is 12.6. The number of hydrogen-bond acceptors (Lipinski definition) is 4. The van der Waals surface area contributed by atoms with Crippen molar-refractivity contribution in [2.45, 2.75) is 17.7 Å². The van der Waals surface area contributed by atoms with E-state index in [1.165, 1.54) is 7.11 Å². The normalized spacial score (nSPS) is 18.1. The van der Waals surface area contributed by atoms with Crippen LogP contribution < -0.4 is 4.74 Å². The molecule has 0 radical (unpaired) electrons. The molecule has 1 saturated heterocycles. The van der Waals surface area contributed by atoms with Gasteiger partial charge in [0.25, 0.3) is 0 Å². The number of rotatable bonds is 5. The maximum atomic E-state index is 12.6. The van der Waals surface area contributed by atoms with Gasteiger partial charge in [-0.15, -0.1) is 0 Å². The predicted octanol–water partition coefficient (Wildman–Crippen LogP) is 1.74. The molecule has 0 aliphatic carbocycles. The van der Waals surface area contributed by atoms with Crippen LogP contribution in [-0.2, 0) is 14.8 Å². The number of piperidine rings is 1. The van der Waals surface area contributed by atoms with Gasteiger partial charge < -0.3 is 9.47 Å². The Morgan fingerprint density at radius 2 is 1.95 bits per heavy atom. The van der Waals surface area contributed by atoms with Crippen LogP contribution in [0.3, 0.4) is 0 Å². The summed E-state index contributed by atoms with van der Waals surface area (Å²) in [7, 11) is -0.211. The van der Waals surface area contributed by atoms with Gasteiger partial charge in [-0.1, -0.05) is 6.07 Å². The Morgan fingerprint density at radius 1 is 1.25 bits per heavy atom. The molecule has 0 amide bonds. The van der Waals surface area contributed by atoms with Gasteiger partial charge in [-0.3, -0.25) is 0 Å². The molecule has 1 heterocycles. The van der Waals surface area contributed by atoms with E-state index >= 15 is 0 Å². The lowest BCUT2D eigenvalue weighted by molar-refractivity contribution is 0.121. The van der Waals surface area contributed by atoms with E-state index in [1.807, 2.05) is 0 Å². The fourth-order valence-corrected chi connectivity index (χ4v) is 3.97. The second kappa shape index (κ2) is 6.56. The van der Waals surface area contributed by atoms with Crippen LogP contribution in [-0.4, -0.2) is 46.6 Å². The van der Waals surface area contributed by atoms with Gasteiger partial charge in [0, 0.05) is 32.9 Å². The van der Waals surface area contributed by atoms with E-state index in [-0.39, 0.29) is 0 Å². The molecule has 0 aromatic heterocycles. The first-order valence-electron chi connectivity index (χ1n) is 6.71. The van der Waals surface area contributed by atoms with Crippen LogP contribution >= 0.6 is 0 Å². The van der Waals surface area contributed by atoms with E-state index in [0.717, 1.165) is 12.8 Å². The minimum absolute atomic E-state index is 0.294. The largest absolute Gasteiger partial charge is 0.497 e. The molecular formula is C14H21NO4S. The van der Waals surface area contributed by atoms with Gasteiger partial charge in [0.2, 0.25) is 10.0 Å². The number of sulfonamides is 1. The molecule has 1 aromatic rings. The van der Waals surface area contributed by atoms with Crippen molar-refractivity contribution in [1.82, 2.24) is 4.31 Å². The molecule has 0 atom stereocenters. The molecule has 0 bridgehead atoms. The van der Waals surface area contributed by atoms with E-state index in [2.05, 4.69) is 0 Å². The number of benzene rings is 1. The summed E-state index contributed by atoms with van der Waals surface area (Å²) in [5.74, 6) is 1.01. The highest BCUT2D eigenvalue weighted by Gasteiger charge is 2.29. The molecule has 1 fully saturated rings. The Labute approximate surface area is 120 Å². The number of methoxy groups -OCH3 is 2. The number of hydrogen-bond donors (Lipinski definition) is 0. The highest BCUT2D eigenvalue weighted by molar-refractivity contribution is 7.89. The Bertz CT molecular complexity index is 536. The quantitative estimate of drug-likeness (QED) is 0.831. The molecule has 6 heteroatoms. The summed E-state index contributed by atoms with van der Waals surface area (Å²) in [6.07, 6.45) is 1.69. The summed E-state index contributed by atoms with van der Waals surface area (Å²) in [6, 6.07) is 6.61. The summed E-state index contributed by atoms with van der Waals surface area (Å²) in [5, 5.41) is 0.